The molecule has 1 nitrogen and oxygen atoms in total. The van der Waals surface area contributed by atoms with E-state index in [1.165, 1.54) is 24.1 Å². The van der Waals surface area contributed by atoms with Crippen molar-refractivity contribution in [3.8, 4) is 0 Å². The van der Waals surface area contributed by atoms with E-state index >= 15 is 0 Å². The second kappa shape index (κ2) is 0.915. The fourth-order valence-electron chi connectivity index (χ4n) is 1.06. The first-order valence-corrected chi connectivity index (χ1v) is 2.58. The molecule has 0 amide bonds. The molecule has 0 atom stereocenters. The predicted molar refractivity (Wildman–Crippen MR) is 28.5 cm³/mol. The Labute approximate surface area is 42.7 Å². The smallest absolute Gasteiger partial charge is 0.0151 e. The van der Waals surface area contributed by atoms with Gasteiger partial charge in [0.05, 0.1) is 0 Å². The van der Waals surface area contributed by atoms with E-state index in [4.69, 9.17) is 0 Å². The third-order valence-corrected chi connectivity index (χ3v) is 1.49. The summed E-state index contributed by atoms with van der Waals surface area (Å²) in [6.45, 7) is 0. The van der Waals surface area contributed by atoms with Crippen LogP contribution in [0.2, 0.25) is 0 Å². The highest BCUT2D eigenvalue weighted by molar-refractivity contribution is 5.31. The third-order valence-electron chi connectivity index (χ3n) is 1.49. The van der Waals surface area contributed by atoms with Gasteiger partial charge in [-0.3, -0.25) is 0 Å². The highest BCUT2D eigenvalue weighted by Crippen LogP contribution is 2.26. The molecule has 1 aliphatic carbocycles. The number of dihydropyridines is 1. The molecule has 2 rings (SSSR count). The zero-order valence-electron chi connectivity index (χ0n) is 4.07. The quantitative estimate of drug-likeness (QED) is 0.473. The van der Waals surface area contributed by atoms with Crippen LogP contribution >= 0.6 is 0 Å². The zero-order chi connectivity index (χ0) is 4.69. The van der Waals surface area contributed by atoms with Gasteiger partial charge in [0.15, 0.2) is 0 Å². The van der Waals surface area contributed by atoms with Crippen LogP contribution in [0.3, 0.4) is 0 Å². The standard InChI is InChI=1S/C6H7N/c1-2-6-3-5(1)4-7-6/h2,4,7H,1,3H2. The number of nitrogens with one attached hydrogen (secondary N) is 1. The largest absolute Gasteiger partial charge is 0.365 e. The van der Waals surface area contributed by atoms with Crippen LogP contribution in [0.5, 0.6) is 0 Å². The first-order valence-electron chi connectivity index (χ1n) is 2.58. The minimum absolute atomic E-state index is 1.19. The van der Waals surface area contributed by atoms with Gasteiger partial charge in [-0.1, -0.05) is 6.08 Å². The summed E-state index contributed by atoms with van der Waals surface area (Å²) in [6.07, 6.45) is 6.74. The van der Waals surface area contributed by atoms with E-state index in [1.807, 2.05) is 0 Å². The second-order valence-corrected chi connectivity index (χ2v) is 2.06. The lowest BCUT2D eigenvalue weighted by Gasteiger charge is -1.91. The van der Waals surface area contributed by atoms with E-state index in [0.717, 1.165) is 0 Å². The molecule has 2 aliphatic rings. The fraction of sp³-hybridized carbons (Fsp3) is 0.333. The van der Waals surface area contributed by atoms with Gasteiger partial charge in [0.1, 0.15) is 0 Å². The molecule has 0 aromatic heterocycles. The molecule has 0 aromatic rings. The molecule has 1 heteroatoms. The SMILES string of the molecule is C1=C2CC=C(C2)N1. The number of rotatable bonds is 0. The summed E-state index contributed by atoms with van der Waals surface area (Å²) < 4.78 is 0. The van der Waals surface area contributed by atoms with E-state index in [1.54, 1.807) is 0 Å². The van der Waals surface area contributed by atoms with Gasteiger partial charge in [0, 0.05) is 18.3 Å². The molecule has 36 valence electrons. The molecule has 0 radical (unpaired) electrons. The summed E-state index contributed by atoms with van der Waals surface area (Å²) in [7, 11) is 0. The van der Waals surface area contributed by atoms with Gasteiger partial charge in [-0.25, -0.2) is 0 Å². The molecule has 0 aromatic carbocycles. The highest BCUT2D eigenvalue weighted by atomic mass is 14.9. The average molecular weight is 93.1 g/mol. The Hall–Kier alpha value is -0.720. The van der Waals surface area contributed by atoms with Crippen LogP contribution in [0.25, 0.3) is 0 Å². The van der Waals surface area contributed by atoms with Crippen molar-refractivity contribution in [3.63, 3.8) is 0 Å². The Balaban J connectivity index is 2.45. The van der Waals surface area contributed by atoms with E-state index in [-0.39, 0.29) is 0 Å². The van der Waals surface area contributed by atoms with E-state index in [9.17, 15) is 0 Å². The van der Waals surface area contributed by atoms with E-state index in [2.05, 4.69) is 17.6 Å². The van der Waals surface area contributed by atoms with Crippen molar-refractivity contribution in [2.75, 3.05) is 0 Å². The minimum Gasteiger partial charge on any atom is -0.365 e. The Morgan fingerprint density at radius 3 is 2.71 bits per heavy atom. The lowest BCUT2D eigenvalue weighted by atomic mass is 10.2. The van der Waals surface area contributed by atoms with Gasteiger partial charge in [-0.15, -0.1) is 0 Å². The van der Waals surface area contributed by atoms with Crippen molar-refractivity contribution >= 4 is 0 Å². The Kier molecular flexibility index (Phi) is 0.432. The molecule has 0 fully saturated rings. The van der Waals surface area contributed by atoms with Crippen LogP contribution in [0, 0.1) is 0 Å². The average Bonchev–Trinajstić information content (AvgIpc) is 2.22. The fourth-order valence-corrected chi connectivity index (χ4v) is 1.06. The molecular weight excluding hydrogens is 86.1 g/mol. The Bertz CT molecular complexity index is 136. The molecule has 7 heavy (non-hydrogen) atoms. The van der Waals surface area contributed by atoms with Crippen molar-refractivity contribution in [3.05, 3.63) is 23.5 Å². The maximum absolute atomic E-state index is 3.16. The van der Waals surface area contributed by atoms with Crippen LogP contribution in [-0.2, 0) is 0 Å². The number of allylic oxidation sites excluding steroid dienone is 2. The van der Waals surface area contributed by atoms with E-state index in [0.29, 0.717) is 0 Å². The Morgan fingerprint density at radius 1 is 1.57 bits per heavy atom. The minimum atomic E-state index is 1.19. The van der Waals surface area contributed by atoms with E-state index < -0.39 is 0 Å². The summed E-state index contributed by atoms with van der Waals surface area (Å²) in [4.78, 5) is 0. The lowest BCUT2D eigenvalue weighted by Crippen LogP contribution is -1.96. The van der Waals surface area contributed by atoms with Gasteiger partial charge >= 0.3 is 0 Å². The number of fused-ring (bicyclic) bond motifs is 2. The van der Waals surface area contributed by atoms with Crippen molar-refractivity contribution in [2.24, 2.45) is 0 Å². The van der Waals surface area contributed by atoms with Crippen molar-refractivity contribution in [1.82, 2.24) is 5.32 Å². The third kappa shape index (κ3) is 0.322. The molecule has 2 bridgehead atoms. The monoisotopic (exact) mass is 93.1 g/mol. The van der Waals surface area contributed by atoms with Crippen molar-refractivity contribution in [2.45, 2.75) is 12.8 Å². The van der Waals surface area contributed by atoms with Crippen LogP contribution in [0.4, 0.5) is 0 Å². The topological polar surface area (TPSA) is 12.0 Å². The van der Waals surface area contributed by atoms with Gasteiger partial charge in [-0.2, -0.15) is 0 Å². The second-order valence-electron chi connectivity index (χ2n) is 2.06. The number of hydrogen-bond donors (Lipinski definition) is 1. The number of hydrogen-bond acceptors (Lipinski definition) is 1. The van der Waals surface area contributed by atoms with Crippen molar-refractivity contribution < 1.29 is 0 Å². The van der Waals surface area contributed by atoms with Crippen LogP contribution in [0.1, 0.15) is 12.8 Å². The first-order chi connectivity index (χ1) is 3.45. The molecule has 0 unspecified atom stereocenters. The van der Waals surface area contributed by atoms with Gasteiger partial charge in [-0.05, 0) is 12.0 Å². The molecule has 1 heterocycles. The van der Waals surface area contributed by atoms with Crippen LogP contribution < -0.4 is 5.32 Å². The van der Waals surface area contributed by atoms with Gasteiger partial charge in [0.2, 0.25) is 0 Å². The van der Waals surface area contributed by atoms with Crippen LogP contribution in [-0.4, -0.2) is 0 Å². The maximum Gasteiger partial charge on any atom is 0.0151 e. The highest BCUT2D eigenvalue weighted by Gasteiger charge is 2.13. The first kappa shape index (κ1) is 3.30. The normalized spacial score (nSPS) is 24.0. The van der Waals surface area contributed by atoms with Crippen molar-refractivity contribution in [1.29, 1.82) is 0 Å². The Morgan fingerprint density at radius 2 is 2.57 bits per heavy atom. The molecule has 0 spiro atoms. The summed E-state index contributed by atoms with van der Waals surface area (Å²) in [5.41, 5.74) is 2.94. The molecule has 0 saturated carbocycles. The summed E-state index contributed by atoms with van der Waals surface area (Å²) in [5.74, 6) is 0. The lowest BCUT2D eigenvalue weighted by molar-refractivity contribution is 1.07. The predicted octanol–water partition coefficient (Wildman–Crippen LogP) is 1.15. The molecule has 0 saturated heterocycles. The van der Waals surface area contributed by atoms with Gasteiger partial charge in [0.25, 0.3) is 0 Å². The molecular formula is C6H7N. The van der Waals surface area contributed by atoms with Crippen LogP contribution in [0.15, 0.2) is 23.5 Å². The molecule has 1 aliphatic heterocycles. The zero-order valence-corrected chi connectivity index (χ0v) is 4.07. The summed E-state index contributed by atoms with van der Waals surface area (Å²) >= 11 is 0. The van der Waals surface area contributed by atoms with Gasteiger partial charge < -0.3 is 5.32 Å². The maximum atomic E-state index is 3.16. The molecule has 1 N–H and O–H groups in total. The summed E-state index contributed by atoms with van der Waals surface area (Å²) in [6, 6.07) is 0. The summed E-state index contributed by atoms with van der Waals surface area (Å²) in [5, 5.41) is 3.16.